The lowest BCUT2D eigenvalue weighted by molar-refractivity contribution is -0.305. The summed E-state index contributed by atoms with van der Waals surface area (Å²) in [6.45, 7) is 0.334. The van der Waals surface area contributed by atoms with Crippen LogP contribution in [0.1, 0.15) is 24.8 Å². The Morgan fingerprint density at radius 2 is 1.89 bits per heavy atom. The third-order valence-electron chi connectivity index (χ3n) is 2.26. The van der Waals surface area contributed by atoms with Gasteiger partial charge in [0.1, 0.15) is 0 Å². The van der Waals surface area contributed by atoms with Gasteiger partial charge in [0.15, 0.2) is 0 Å². The molecule has 0 aliphatic rings. The summed E-state index contributed by atoms with van der Waals surface area (Å²) in [6.07, 6.45) is 0.324. The molecule has 0 radical (unpaired) electrons. The van der Waals surface area contributed by atoms with E-state index in [4.69, 9.17) is 23.2 Å². The van der Waals surface area contributed by atoms with Crippen molar-refractivity contribution in [2.24, 2.45) is 0 Å². The van der Waals surface area contributed by atoms with Crippen LogP contribution in [0.15, 0.2) is 18.2 Å². The number of carboxylic acid groups (broad SMARTS) is 1. The average Bonchev–Trinajstić information content (AvgIpc) is 2.30. The van der Waals surface area contributed by atoms with Gasteiger partial charge in [0, 0.05) is 18.9 Å². The fourth-order valence-corrected chi connectivity index (χ4v) is 1.65. The SMILES string of the molecule is O=C([O-])CCCC(=O)NCc1ccc(Cl)c(Cl)c1. The van der Waals surface area contributed by atoms with E-state index in [-0.39, 0.29) is 25.2 Å². The van der Waals surface area contributed by atoms with Crippen LogP contribution in [0.5, 0.6) is 0 Å². The van der Waals surface area contributed by atoms with Crippen LogP contribution in [-0.2, 0) is 16.1 Å². The molecule has 98 valence electrons. The molecule has 0 atom stereocenters. The van der Waals surface area contributed by atoms with Crippen LogP contribution in [0.4, 0.5) is 0 Å². The highest BCUT2D eigenvalue weighted by Gasteiger charge is 2.03. The van der Waals surface area contributed by atoms with Gasteiger partial charge >= 0.3 is 0 Å². The molecule has 6 heteroatoms. The Hall–Kier alpha value is -1.26. The number of hydrogen-bond donors (Lipinski definition) is 1. The highest BCUT2D eigenvalue weighted by atomic mass is 35.5. The summed E-state index contributed by atoms with van der Waals surface area (Å²) >= 11 is 11.6. The number of nitrogens with one attached hydrogen (secondary N) is 1. The van der Waals surface area contributed by atoms with E-state index < -0.39 is 5.97 Å². The molecule has 0 fully saturated rings. The van der Waals surface area contributed by atoms with Crippen LogP contribution in [0.3, 0.4) is 0 Å². The van der Waals surface area contributed by atoms with Gasteiger partial charge in [0.2, 0.25) is 5.91 Å². The summed E-state index contributed by atoms with van der Waals surface area (Å²) in [5.74, 6) is -1.35. The Kier molecular flexibility index (Phi) is 5.95. The fourth-order valence-electron chi connectivity index (χ4n) is 1.33. The molecule has 0 bridgehead atoms. The van der Waals surface area contributed by atoms with E-state index in [0.717, 1.165) is 5.56 Å². The molecule has 1 amide bonds. The minimum atomic E-state index is -1.15. The summed E-state index contributed by atoms with van der Waals surface area (Å²) in [5.41, 5.74) is 0.831. The van der Waals surface area contributed by atoms with Crippen LogP contribution in [0, 0.1) is 0 Å². The Bertz CT molecular complexity index is 449. The van der Waals surface area contributed by atoms with E-state index in [1.807, 2.05) is 0 Å². The largest absolute Gasteiger partial charge is 0.550 e. The van der Waals surface area contributed by atoms with Gasteiger partial charge in [-0.2, -0.15) is 0 Å². The molecule has 4 nitrogen and oxygen atoms in total. The molecule has 0 aliphatic carbocycles. The lowest BCUT2D eigenvalue weighted by Gasteiger charge is -2.06. The van der Waals surface area contributed by atoms with Crippen molar-refractivity contribution < 1.29 is 14.7 Å². The molecule has 0 unspecified atom stereocenters. The number of carbonyl (C=O) groups is 2. The maximum Gasteiger partial charge on any atom is 0.220 e. The molecule has 1 N–H and O–H groups in total. The lowest BCUT2D eigenvalue weighted by atomic mass is 10.2. The zero-order valence-electron chi connectivity index (χ0n) is 9.54. The fraction of sp³-hybridized carbons (Fsp3) is 0.333. The average molecular weight is 289 g/mol. The van der Waals surface area contributed by atoms with E-state index in [1.54, 1.807) is 18.2 Å². The molecule has 1 aromatic rings. The summed E-state index contributed by atoms with van der Waals surface area (Å²) in [5, 5.41) is 13.7. The van der Waals surface area contributed by atoms with Gasteiger partial charge in [0.25, 0.3) is 0 Å². The van der Waals surface area contributed by atoms with E-state index in [2.05, 4.69) is 5.32 Å². The number of aliphatic carboxylic acids is 1. The molecule has 0 spiro atoms. The third kappa shape index (κ3) is 5.38. The number of carboxylic acids is 1. The normalized spacial score (nSPS) is 10.1. The number of halogens is 2. The van der Waals surface area contributed by atoms with Gasteiger partial charge < -0.3 is 15.2 Å². The molecule has 0 saturated carbocycles. The summed E-state index contributed by atoms with van der Waals surface area (Å²) in [7, 11) is 0. The van der Waals surface area contributed by atoms with Crippen LogP contribution in [0.2, 0.25) is 10.0 Å². The van der Waals surface area contributed by atoms with Crippen molar-refractivity contribution in [1.82, 2.24) is 5.32 Å². The zero-order valence-corrected chi connectivity index (χ0v) is 11.1. The number of benzene rings is 1. The molecule has 1 aromatic carbocycles. The molecule has 0 saturated heterocycles. The van der Waals surface area contributed by atoms with Crippen molar-refractivity contribution in [2.45, 2.75) is 25.8 Å². The van der Waals surface area contributed by atoms with Gasteiger partial charge in [-0.3, -0.25) is 4.79 Å². The predicted octanol–water partition coefficient (Wildman–Crippen LogP) is 1.53. The van der Waals surface area contributed by atoms with Crippen LogP contribution in [-0.4, -0.2) is 11.9 Å². The number of rotatable bonds is 6. The van der Waals surface area contributed by atoms with Crippen molar-refractivity contribution >= 4 is 35.1 Å². The molecule has 0 aliphatic heterocycles. The highest BCUT2D eigenvalue weighted by Crippen LogP contribution is 2.22. The quantitative estimate of drug-likeness (QED) is 0.863. The van der Waals surface area contributed by atoms with Crippen molar-refractivity contribution in [3.63, 3.8) is 0 Å². The van der Waals surface area contributed by atoms with Crippen LogP contribution >= 0.6 is 23.2 Å². The lowest BCUT2D eigenvalue weighted by Crippen LogP contribution is -2.25. The highest BCUT2D eigenvalue weighted by molar-refractivity contribution is 6.42. The summed E-state index contributed by atoms with van der Waals surface area (Å²) in [6, 6.07) is 5.09. The second kappa shape index (κ2) is 7.24. The van der Waals surface area contributed by atoms with E-state index in [0.29, 0.717) is 16.6 Å². The maximum atomic E-state index is 11.4. The second-order valence-corrected chi connectivity index (χ2v) is 4.57. The van der Waals surface area contributed by atoms with E-state index >= 15 is 0 Å². The van der Waals surface area contributed by atoms with Crippen molar-refractivity contribution in [1.29, 1.82) is 0 Å². The minimum Gasteiger partial charge on any atom is -0.550 e. The van der Waals surface area contributed by atoms with Crippen molar-refractivity contribution in [3.8, 4) is 0 Å². The number of hydrogen-bond acceptors (Lipinski definition) is 3. The van der Waals surface area contributed by atoms with E-state index in [9.17, 15) is 14.7 Å². The Morgan fingerprint density at radius 3 is 2.50 bits per heavy atom. The third-order valence-corrected chi connectivity index (χ3v) is 3.00. The Balaban J connectivity index is 2.33. The second-order valence-electron chi connectivity index (χ2n) is 3.75. The molecule has 18 heavy (non-hydrogen) atoms. The van der Waals surface area contributed by atoms with Crippen molar-refractivity contribution in [3.05, 3.63) is 33.8 Å². The number of amides is 1. The van der Waals surface area contributed by atoms with Crippen molar-refractivity contribution in [2.75, 3.05) is 0 Å². The smallest absolute Gasteiger partial charge is 0.220 e. The van der Waals surface area contributed by atoms with Gasteiger partial charge in [-0.15, -0.1) is 0 Å². The summed E-state index contributed by atoms with van der Waals surface area (Å²) in [4.78, 5) is 21.5. The van der Waals surface area contributed by atoms with Crippen LogP contribution < -0.4 is 10.4 Å². The topological polar surface area (TPSA) is 69.2 Å². The zero-order chi connectivity index (χ0) is 13.5. The van der Waals surface area contributed by atoms with Gasteiger partial charge in [-0.25, -0.2) is 0 Å². The monoisotopic (exact) mass is 288 g/mol. The Labute approximate surface area is 115 Å². The van der Waals surface area contributed by atoms with Crippen LogP contribution in [0.25, 0.3) is 0 Å². The van der Waals surface area contributed by atoms with Gasteiger partial charge in [-0.1, -0.05) is 29.3 Å². The summed E-state index contributed by atoms with van der Waals surface area (Å²) < 4.78 is 0. The number of carbonyl (C=O) groups excluding carboxylic acids is 2. The molecular weight excluding hydrogens is 277 g/mol. The first kappa shape index (κ1) is 14.8. The van der Waals surface area contributed by atoms with E-state index in [1.165, 1.54) is 0 Å². The maximum absolute atomic E-state index is 11.4. The predicted molar refractivity (Wildman–Crippen MR) is 67.2 cm³/mol. The first-order chi connectivity index (χ1) is 8.49. The Morgan fingerprint density at radius 1 is 1.17 bits per heavy atom. The molecule has 0 aromatic heterocycles. The first-order valence-electron chi connectivity index (χ1n) is 5.39. The standard InChI is InChI=1S/C12H13Cl2NO3/c13-9-5-4-8(6-10(9)14)7-15-11(16)2-1-3-12(17)18/h4-6H,1-3,7H2,(H,15,16)(H,17,18)/p-1. The van der Waals surface area contributed by atoms with Gasteiger partial charge in [0.05, 0.1) is 10.0 Å². The molecule has 0 heterocycles. The minimum absolute atomic E-state index is 0.111. The molecular formula is C12H12Cl2NO3-. The first-order valence-corrected chi connectivity index (χ1v) is 6.15. The van der Waals surface area contributed by atoms with Gasteiger partial charge in [-0.05, 0) is 30.5 Å². The molecule has 1 rings (SSSR count).